The number of allylic oxidation sites excluding steroid dienone is 1. The summed E-state index contributed by atoms with van der Waals surface area (Å²) in [6.07, 6.45) is -1.49. The standard InChI is InChI=1S/C40H52F3N5O10S/c1-22-10-8-9-11-25-20-39(25,35(51)46-59(54,55)38(5)13-14-38)45-32(49)28-18-26(58-33-27-19-30(57-7)29(56-6)17-24(27)12-15-44-33)21-47(28)34(50)31(23(2)16-22)48(36(52)53)37(3,4)40(41,42)43/h9,11-12,15,17,19,22-23,25-26,28,31H,8,10,13-14,16,18,20-21H2,1-7H3,(H,45,49)(H,46,51)(H,52,53)/b11-9-/t22-,23+,25+,26+,28-,31-,39+/m0/s1. The Hall–Kier alpha value is -4.81. The first-order valence-corrected chi connectivity index (χ1v) is 21.1. The number of fused-ring (bicyclic) bond motifs is 3. The first-order valence-electron chi connectivity index (χ1n) is 19.6. The van der Waals surface area contributed by atoms with Crippen LogP contribution < -0.4 is 24.2 Å². The quantitative estimate of drug-likeness (QED) is 0.282. The van der Waals surface area contributed by atoms with Crippen molar-refractivity contribution in [2.24, 2.45) is 17.8 Å². The Bertz CT molecular complexity index is 2140. The number of nitrogens with zero attached hydrogens (tertiary/aromatic N) is 3. The van der Waals surface area contributed by atoms with Crippen molar-refractivity contribution >= 4 is 44.6 Å². The highest BCUT2D eigenvalue weighted by molar-refractivity contribution is 7.91. The lowest BCUT2D eigenvalue weighted by Gasteiger charge is -2.45. The molecule has 6 rings (SSSR count). The smallest absolute Gasteiger partial charge is 0.411 e. The number of amides is 4. The fraction of sp³-hybridized carbons (Fsp3) is 0.625. The van der Waals surface area contributed by atoms with Crippen LogP contribution >= 0.6 is 0 Å². The van der Waals surface area contributed by atoms with Gasteiger partial charge in [0.1, 0.15) is 29.3 Å². The highest BCUT2D eigenvalue weighted by Gasteiger charge is 2.64. The largest absolute Gasteiger partial charge is 0.493 e. The molecule has 15 nitrogen and oxygen atoms in total. The lowest BCUT2D eigenvalue weighted by Crippen LogP contribution is -2.66. The number of alkyl halides is 3. The van der Waals surface area contributed by atoms with Gasteiger partial charge in [0, 0.05) is 23.9 Å². The molecule has 7 atom stereocenters. The molecule has 2 saturated carbocycles. The van der Waals surface area contributed by atoms with E-state index in [0.29, 0.717) is 61.8 Å². The van der Waals surface area contributed by atoms with Gasteiger partial charge in [-0.15, -0.1) is 0 Å². The Morgan fingerprint density at radius 1 is 1.08 bits per heavy atom. The topological polar surface area (TPSA) is 194 Å². The normalized spacial score (nSPS) is 29.2. The Morgan fingerprint density at radius 2 is 1.75 bits per heavy atom. The summed E-state index contributed by atoms with van der Waals surface area (Å²) >= 11 is 0. The number of benzene rings is 1. The molecule has 0 spiro atoms. The molecule has 19 heteroatoms. The van der Waals surface area contributed by atoms with E-state index in [9.17, 15) is 41.1 Å². The molecule has 3 N–H and O–H groups in total. The van der Waals surface area contributed by atoms with Gasteiger partial charge in [-0.3, -0.25) is 24.0 Å². The second-order valence-electron chi connectivity index (χ2n) is 17.2. The summed E-state index contributed by atoms with van der Waals surface area (Å²) < 4.78 is 88.9. The molecule has 1 aromatic carbocycles. The van der Waals surface area contributed by atoms with E-state index >= 15 is 4.79 Å². The molecule has 2 aliphatic carbocycles. The van der Waals surface area contributed by atoms with E-state index in [2.05, 4.69) is 15.0 Å². The molecule has 0 unspecified atom stereocenters. The lowest BCUT2D eigenvalue weighted by molar-refractivity contribution is -0.222. The molecule has 4 amide bonds. The molecule has 2 aromatic rings. The monoisotopic (exact) mass is 851 g/mol. The maximum absolute atomic E-state index is 15.0. The number of pyridine rings is 1. The van der Waals surface area contributed by atoms with Crippen molar-refractivity contribution in [3.05, 3.63) is 36.5 Å². The van der Waals surface area contributed by atoms with Gasteiger partial charge >= 0.3 is 12.3 Å². The van der Waals surface area contributed by atoms with E-state index in [-0.39, 0.29) is 42.5 Å². The molecule has 59 heavy (non-hydrogen) atoms. The molecule has 0 bridgehead atoms. The number of methoxy groups -OCH3 is 2. The van der Waals surface area contributed by atoms with Crippen molar-refractivity contribution in [1.82, 2.24) is 24.8 Å². The average molecular weight is 852 g/mol. The molecule has 4 aliphatic rings. The van der Waals surface area contributed by atoms with E-state index in [1.165, 1.54) is 34.3 Å². The summed E-state index contributed by atoms with van der Waals surface area (Å²) in [7, 11) is -1.21. The van der Waals surface area contributed by atoms with Gasteiger partial charge in [-0.05, 0) is 94.7 Å². The number of nitrogens with one attached hydrogen (secondary N) is 2. The third-order valence-corrected chi connectivity index (χ3v) is 14.7. The number of halogens is 3. The molecule has 1 saturated heterocycles. The Kier molecular flexibility index (Phi) is 11.6. The molecular weight excluding hydrogens is 800 g/mol. The number of carbonyl (C=O) groups excluding carboxylic acids is 3. The first kappa shape index (κ1) is 43.8. The fourth-order valence-electron chi connectivity index (χ4n) is 8.31. The predicted molar refractivity (Wildman–Crippen MR) is 208 cm³/mol. The van der Waals surface area contributed by atoms with Crippen molar-refractivity contribution in [1.29, 1.82) is 0 Å². The van der Waals surface area contributed by atoms with Crippen LogP contribution in [0.5, 0.6) is 17.4 Å². The van der Waals surface area contributed by atoms with E-state index in [0.717, 1.165) is 4.90 Å². The van der Waals surface area contributed by atoms with Gasteiger partial charge in [-0.2, -0.15) is 13.2 Å². The molecule has 0 radical (unpaired) electrons. The van der Waals surface area contributed by atoms with Crippen LogP contribution in [-0.2, 0) is 24.4 Å². The molecule has 3 heterocycles. The highest BCUT2D eigenvalue weighted by atomic mass is 32.2. The Labute approximate surface area is 341 Å². The van der Waals surface area contributed by atoms with Crippen LogP contribution in [-0.4, -0.2) is 113 Å². The fourth-order valence-corrected chi connectivity index (χ4v) is 9.62. The number of rotatable bonds is 9. The van der Waals surface area contributed by atoms with Gasteiger partial charge in [0.05, 0.1) is 25.5 Å². The maximum atomic E-state index is 15.0. The van der Waals surface area contributed by atoms with E-state index < -0.39 is 85.9 Å². The minimum Gasteiger partial charge on any atom is -0.493 e. The second kappa shape index (κ2) is 15.7. The minimum atomic E-state index is -5.10. The SMILES string of the molecule is COc1cc2ccnc(O[C@@H]3C[C@H]4C(=O)N[C@]5(C(=O)NS(=O)(=O)C6(C)CC6)C[C@H]5/C=C\CC[C@H](C)C[C@@H](C)[C@H](N(C(=O)O)C(C)(C)C(F)(F)F)C(=O)N4C3)c2cc1OC. The average Bonchev–Trinajstić information content (AvgIpc) is 4.03. The van der Waals surface area contributed by atoms with Crippen LogP contribution in [0, 0.1) is 17.8 Å². The zero-order valence-corrected chi connectivity index (χ0v) is 34.9. The molecule has 324 valence electrons. The van der Waals surface area contributed by atoms with Crippen LogP contribution in [0.4, 0.5) is 18.0 Å². The van der Waals surface area contributed by atoms with Crippen molar-refractivity contribution < 1.29 is 60.1 Å². The number of hydrogen-bond donors (Lipinski definition) is 3. The first-order chi connectivity index (χ1) is 27.5. The Morgan fingerprint density at radius 3 is 2.36 bits per heavy atom. The van der Waals surface area contributed by atoms with Crippen LogP contribution in [0.25, 0.3) is 10.8 Å². The number of aromatic nitrogens is 1. The molecule has 1 aromatic heterocycles. The molecule has 2 aliphatic heterocycles. The van der Waals surface area contributed by atoms with Gasteiger partial charge in [0.2, 0.25) is 27.7 Å². The third kappa shape index (κ3) is 8.22. The summed E-state index contributed by atoms with van der Waals surface area (Å²) in [5.41, 5.74) is -4.77. The summed E-state index contributed by atoms with van der Waals surface area (Å²) in [5.74, 6) is -3.82. The molecular formula is C40H52F3N5O10S. The summed E-state index contributed by atoms with van der Waals surface area (Å²) in [4.78, 5) is 62.0. The molecule has 3 fully saturated rings. The predicted octanol–water partition coefficient (Wildman–Crippen LogP) is 5.18. The zero-order valence-electron chi connectivity index (χ0n) is 34.1. The second-order valence-corrected chi connectivity index (χ2v) is 19.4. The van der Waals surface area contributed by atoms with Crippen molar-refractivity contribution in [2.75, 3.05) is 20.8 Å². The van der Waals surface area contributed by atoms with E-state index in [4.69, 9.17) is 14.2 Å². The van der Waals surface area contributed by atoms with Gasteiger partial charge in [-0.1, -0.05) is 26.0 Å². The van der Waals surface area contributed by atoms with Crippen LogP contribution in [0.15, 0.2) is 36.5 Å². The van der Waals surface area contributed by atoms with Crippen molar-refractivity contribution in [3.63, 3.8) is 0 Å². The summed E-state index contributed by atoms with van der Waals surface area (Å²) in [6, 6.07) is 1.62. The van der Waals surface area contributed by atoms with Gasteiger partial charge in [0.15, 0.2) is 11.5 Å². The maximum Gasteiger partial charge on any atom is 0.411 e. The Balaban J connectivity index is 1.43. The minimum absolute atomic E-state index is 0.0426. The summed E-state index contributed by atoms with van der Waals surface area (Å²) in [5, 5.41) is 14.3. The number of sulfonamides is 1. The highest BCUT2D eigenvalue weighted by Crippen LogP contribution is 2.48. The van der Waals surface area contributed by atoms with Crippen LogP contribution in [0.1, 0.15) is 79.6 Å². The number of ether oxygens (including phenoxy) is 3. The van der Waals surface area contributed by atoms with Gasteiger partial charge < -0.3 is 29.5 Å². The van der Waals surface area contributed by atoms with E-state index in [1.54, 1.807) is 30.4 Å². The lowest BCUT2D eigenvalue weighted by atomic mass is 9.85. The number of hydrogen-bond acceptors (Lipinski definition) is 10. The number of carboxylic acid groups (broad SMARTS) is 1. The van der Waals surface area contributed by atoms with E-state index in [1.807, 2.05) is 6.92 Å². The van der Waals surface area contributed by atoms with Crippen molar-refractivity contribution in [3.8, 4) is 17.4 Å². The number of carbonyl (C=O) groups is 4. The van der Waals surface area contributed by atoms with Crippen LogP contribution in [0.3, 0.4) is 0 Å². The third-order valence-electron chi connectivity index (χ3n) is 12.5. The van der Waals surface area contributed by atoms with Gasteiger partial charge in [0.25, 0.3) is 5.91 Å². The van der Waals surface area contributed by atoms with Crippen LogP contribution in [0.2, 0.25) is 0 Å². The zero-order chi connectivity index (χ0) is 43.5. The van der Waals surface area contributed by atoms with Crippen molar-refractivity contribution in [2.45, 2.75) is 120 Å². The van der Waals surface area contributed by atoms with Gasteiger partial charge in [-0.25, -0.2) is 18.2 Å². The summed E-state index contributed by atoms with van der Waals surface area (Å²) in [6.45, 7) is 5.87.